The van der Waals surface area contributed by atoms with Crippen LogP contribution in [0.1, 0.15) is 24.0 Å². The van der Waals surface area contributed by atoms with Crippen molar-refractivity contribution in [2.45, 2.75) is 26.7 Å². The molecule has 4 N–H and O–H groups in total. The van der Waals surface area contributed by atoms with Gasteiger partial charge in [0.1, 0.15) is 0 Å². The van der Waals surface area contributed by atoms with E-state index in [2.05, 4.69) is 5.32 Å². The van der Waals surface area contributed by atoms with Crippen LogP contribution >= 0.6 is 0 Å². The van der Waals surface area contributed by atoms with Crippen molar-refractivity contribution in [3.63, 3.8) is 0 Å². The van der Waals surface area contributed by atoms with Crippen molar-refractivity contribution in [3.8, 4) is 0 Å². The minimum Gasteiger partial charge on any atom is -0.326 e. The summed E-state index contributed by atoms with van der Waals surface area (Å²) in [5, 5.41) is 2.76. The van der Waals surface area contributed by atoms with E-state index in [4.69, 9.17) is 5.84 Å². The van der Waals surface area contributed by atoms with Crippen molar-refractivity contribution >= 4 is 17.5 Å². The van der Waals surface area contributed by atoms with Crippen LogP contribution < -0.4 is 16.6 Å². The molecule has 17 heavy (non-hydrogen) atoms. The lowest BCUT2D eigenvalue weighted by molar-refractivity contribution is -0.124. The van der Waals surface area contributed by atoms with Crippen LogP contribution in [0.2, 0.25) is 0 Å². The van der Waals surface area contributed by atoms with Crippen molar-refractivity contribution < 1.29 is 9.59 Å². The van der Waals surface area contributed by atoms with E-state index < -0.39 is 0 Å². The Hall–Kier alpha value is -1.88. The minimum atomic E-state index is -0.347. The Balaban J connectivity index is 2.53. The Morgan fingerprint density at radius 1 is 1.18 bits per heavy atom. The molecule has 5 heteroatoms. The average Bonchev–Trinajstić information content (AvgIpc) is 2.29. The lowest BCUT2D eigenvalue weighted by atomic mass is 10.1. The number of hydrazine groups is 1. The second-order valence-corrected chi connectivity index (χ2v) is 3.93. The van der Waals surface area contributed by atoms with Crippen molar-refractivity contribution in [3.05, 3.63) is 29.3 Å². The number of benzene rings is 1. The van der Waals surface area contributed by atoms with Gasteiger partial charge in [-0.1, -0.05) is 17.7 Å². The lowest BCUT2D eigenvalue weighted by Gasteiger charge is -2.08. The van der Waals surface area contributed by atoms with Gasteiger partial charge in [-0.3, -0.25) is 15.0 Å². The number of rotatable bonds is 4. The van der Waals surface area contributed by atoms with Crippen LogP contribution in [0.3, 0.4) is 0 Å². The van der Waals surface area contributed by atoms with Crippen LogP contribution in [0.4, 0.5) is 5.69 Å². The maximum Gasteiger partial charge on any atom is 0.234 e. The molecule has 2 amide bonds. The molecule has 0 radical (unpaired) electrons. The second kappa shape index (κ2) is 6.00. The molecular weight excluding hydrogens is 218 g/mol. The smallest absolute Gasteiger partial charge is 0.234 e. The summed E-state index contributed by atoms with van der Waals surface area (Å²) in [7, 11) is 0. The normalized spacial score (nSPS) is 9.82. The number of nitrogens with one attached hydrogen (secondary N) is 2. The fourth-order valence-electron chi connectivity index (χ4n) is 1.47. The zero-order chi connectivity index (χ0) is 12.8. The SMILES string of the molecule is Cc1ccc(NC(=O)CCC(=O)NN)c(C)c1. The summed E-state index contributed by atoms with van der Waals surface area (Å²) < 4.78 is 0. The molecule has 92 valence electrons. The number of aryl methyl sites for hydroxylation is 2. The fraction of sp³-hybridized carbons (Fsp3) is 0.333. The molecule has 1 aromatic rings. The maximum absolute atomic E-state index is 11.5. The third kappa shape index (κ3) is 4.24. The molecule has 0 fully saturated rings. The van der Waals surface area contributed by atoms with Gasteiger partial charge in [-0.05, 0) is 25.5 Å². The highest BCUT2D eigenvalue weighted by atomic mass is 16.2. The van der Waals surface area contributed by atoms with Crippen LogP contribution in [0, 0.1) is 13.8 Å². The van der Waals surface area contributed by atoms with Crippen LogP contribution in [-0.4, -0.2) is 11.8 Å². The quantitative estimate of drug-likeness (QED) is 0.413. The predicted octanol–water partition coefficient (Wildman–Crippen LogP) is 1.01. The molecule has 0 saturated carbocycles. The Labute approximate surface area is 100 Å². The monoisotopic (exact) mass is 235 g/mol. The molecule has 1 aromatic carbocycles. The summed E-state index contributed by atoms with van der Waals surface area (Å²) in [4.78, 5) is 22.4. The molecule has 0 saturated heterocycles. The van der Waals surface area contributed by atoms with E-state index in [1.807, 2.05) is 37.5 Å². The zero-order valence-electron chi connectivity index (χ0n) is 10.0. The summed E-state index contributed by atoms with van der Waals surface area (Å²) in [6, 6.07) is 5.77. The standard InChI is InChI=1S/C12H17N3O2/c1-8-3-4-10(9(2)7-8)14-11(16)5-6-12(17)15-13/h3-4,7H,5-6,13H2,1-2H3,(H,14,16)(H,15,17). The molecule has 0 aliphatic rings. The summed E-state index contributed by atoms with van der Waals surface area (Å²) >= 11 is 0. The van der Waals surface area contributed by atoms with E-state index in [1.54, 1.807) is 0 Å². The first-order chi connectivity index (χ1) is 8.02. The first-order valence-electron chi connectivity index (χ1n) is 5.39. The van der Waals surface area contributed by atoms with Gasteiger partial charge in [-0.2, -0.15) is 0 Å². The highest BCUT2D eigenvalue weighted by Crippen LogP contribution is 2.16. The molecule has 0 atom stereocenters. The maximum atomic E-state index is 11.5. The highest BCUT2D eigenvalue weighted by molar-refractivity contribution is 5.93. The Bertz CT molecular complexity index is 430. The molecule has 0 heterocycles. The topological polar surface area (TPSA) is 84.2 Å². The van der Waals surface area contributed by atoms with Crippen LogP contribution in [0.15, 0.2) is 18.2 Å². The molecule has 0 aliphatic carbocycles. The number of hydrogen-bond donors (Lipinski definition) is 3. The van der Waals surface area contributed by atoms with Gasteiger partial charge in [-0.25, -0.2) is 5.84 Å². The first kappa shape index (κ1) is 13.2. The minimum absolute atomic E-state index is 0.0905. The van der Waals surface area contributed by atoms with E-state index in [0.717, 1.165) is 16.8 Å². The van der Waals surface area contributed by atoms with Gasteiger partial charge < -0.3 is 5.32 Å². The average molecular weight is 235 g/mol. The van der Waals surface area contributed by atoms with E-state index in [9.17, 15) is 9.59 Å². The van der Waals surface area contributed by atoms with Gasteiger partial charge in [0, 0.05) is 18.5 Å². The third-order valence-electron chi connectivity index (χ3n) is 2.40. The Morgan fingerprint density at radius 3 is 2.41 bits per heavy atom. The molecule has 1 rings (SSSR count). The highest BCUT2D eigenvalue weighted by Gasteiger charge is 2.07. The molecule has 0 unspecified atom stereocenters. The fourth-order valence-corrected chi connectivity index (χ4v) is 1.47. The van der Waals surface area contributed by atoms with E-state index in [0.29, 0.717) is 0 Å². The second-order valence-electron chi connectivity index (χ2n) is 3.93. The molecule has 5 nitrogen and oxygen atoms in total. The Morgan fingerprint density at radius 2 is 1.82 bits per heavy atom. The molecule has 0 aromatic heterocycles. The van der Waals surface area contributed by atoms with E-state index >= 15 is 0 Å². The molecular formula is C12H17N3O2. The van der Waals surface area contributed by atoms with Gasteiger partial charge in [0.05, 0.1) is 0 Å². The van der Waals surface area contributed by atoms with Crippen LogP contribution in [0.25, 0.3) is 0 Å². The largest absolute Gasteiger partial charge is 0.326 e. The van der Waals surface area contributed by atoms with Crippen LogP contribution in [-0.2, 0) is 9.59 Å². The number of carbonyl (C=O) groups excluding carboxylic acids is 2. The van der Waals surface area contributed by atoms with Gasteiger partial charge >= 0.3 is 0 Å². The van der Waals surface area contributed by atoms with E-state index in [-0.39, 0.29) is 24.7 Å². The van der Waals surface area contributed by atoms with Gasteiger partial charge in [0.15, 0.2) is 0 Å². The van der Waals surface area contributed by atoms with Crippen molar-refractivity contribution in [1.29, 1.82) is 0 Å². The van der Waals surface area contributed by atoms with Gasteiger partial charge in [0.2, 0.25) is 11.8 Å². The number of anilines is 1. The van der Waals surface area contributed by atoms with Crippen molar-refractivity contribution in [2.24, 2.45) is 5.84 Å². The third-order valence-corrected chi connectivity index (χ3v) is 2.40. The summed E-state index contributed by atoms with van der Waals surface area (Å²) in [6.45, 7) is 3.92. The molecule has 0 bridgehead atoms. The molecule has 0 aliphatic heterocycles. The number of nitrogens with two attached hydrogens (primary N) is 1. The van der Waals surface area contributed by atoms with Crippen LogP contribution in [0.5, 0.6) is 0 Å². The summed E-state index contributed by atoms with van der Waals surface area (Å²) in [6.07, 6.45) is 0.212. The van der Waals surface area contributed by atoms with Crippen molar-refractivity contribution in [1.82, 2.24) is 5.43 Å². The summed E-state index contributed by atoms with van der Waals surface area (Å²) in [5.41, 5.74) is 4.90. The number of carbonyl (C=O) groups is 2. The lowest BCUT2D eigenvalue weighted by Crippen LogP contribution is -2.30. The predicted molar refractivity (Wildman–Crippen MR) is 66.1 cm³/mol. The summed E-state index contributed by atoms with van der Waals surface area (Å²) in [5.74, 6) is 4.38. The number of hydrogen-bond acceptors (Lipinski definition) is 3. The van der Waals surface area contributed by atoms with Gasteiger partial charge in [0.25, 0.3) is 0 Å². The zero-order valence-corrected chi connectivity index (χ0v) is 10.0. The first-order valence-corrected chi connectivity index (χ1v) is 5.39. The Kier molecular flexibility index (Phi) is 4.66. The molecule has 0 spiro atoms. The number of amides is 2. The van der Waals surface area contributed by atoms with E-state index in [1.165, 1.54) is 0 Å². The van der Waals surface area contributed by atoms with Crippen molar-refractivity contribution in [2.75, 3.05) is 5.32 Å². The van der Waals surface area contributed by atoms with Gasteiger partial charge in [-0.15, -0.1) is 0 Å².